The summed E-state index contributed by atoms with van der Waals surface area (Å²) >= 11 is 1.76. The van der Waals surface area contributed by atoms with Crippen molar-refractivity contribution in [3.05, 3.63) is 64.9 Å². The Morgan fingerprint density at radius 3 is 3.08 bits per heavy atom. The number of nitrogens with zero attached hydrogens (tertiary/aromatic N) is 4. The van der Waals surface area contributed by atoms with Gasteiger partial charge in [-0.2, -0.15) is 16.4 Å². The molecule has 0 radical (unpaired) electrons. The fraction of sp³-hybridized carbons (Fsp3) is 0.333. The second kappa shape index (κ2) is 7.15. The van der Waals surface area contributed by atoms with E-state index in [1.807, 2.05) is 18.3 Å². The van der Waals surface area contributed by atoms with Gasteiger partial charge in [0.05, 0.1) is 24.5 Å². The number of hydrogen-bond acceptors (Lipinski definition) is 5. The van der Waals surface area contributed by atoms with Crippen molar-refractivity contribution in [3.8, 4) is 5.75 Å². The maximum absolute atomic E-state index is 5.82. The van der Waals surface area contributed by atoms with Gasteiger partial charge in [-0.15, -0.1) is 0 Å². The van der Waals surface area contributed by atoms with E-state index in [0.29, 0.717) is 12.6 Å². The molecule has 0 amide bonds. The molecule has 124 valence electrons. The first kappa shape index (κ1) is 15.4. The van der Waals surface area contributed by atoms with E-state index in [-0.39, 0.29) is 0 Å². The first-order valence-electron chi connectivity index (χ1n) is 8.17. The van der Waals surface area contributed by atoms with E-state index in [0.717, 1.165) is 31.8 Å². The lowest BCUT2D eigenvalue weighted by Crippen LogP contribution is -2.37. The normalized spacial score (nSPS) is 17.6. The van der Waals surface area contributed by atoms with Gasteiger partial charge in [0.25, 0.3) is 0 Å². The minimum absolute atomic E-state index is 0.346. The van der Waals surface area contributed by atoms with Gasteiger partial charge in [0, 0.05) is 38.4 Å². The Kier molecular flexibility index (Phi) is 4.57. The summed E-state index contributed by atoms with van der Waals surface area (Å²) in [5, 5.41) is 8.89. The van der Waals surface area contributed by atoms with Crippen LogP contribution in [0, 0.1) is 0 Å². The molecule has 0 saturated heterocycles. The van der Waals surface area contributed by atoms with Crippen molar-refractivity contribution in [2.75, 3.05) is 13.2 Å². The lowest BCUT2D eigenvalue weighted by molar-refractivity contribution is 0.147. The molecule has 3 aromatic heterocycles. The maximum Gasteiger partial charge on any atom is 0.137 e. The Hall–Kier alpha value is -2.18. The third kappa shape index (κ3) is 3.49. The highest BCUT2D eigenvalue weighted by molar-refractivity contribution is 7.07. The minimum Gasteiger partial charge on any atom is -0.492 e. The summed E-state index contributed by atoms with van der Waals surface area (Å²) in [4.78, 5) is 6.58. The Balaban J connectivity index is 1.40. The quantitative estimate of drug-likeness (QED) is 0.690. The van der Waals surface area contributed by atoms with E-state index in [4.69, 9.17) is 4.74 Å². The molecule has 4 rings (SSSR count). The lowest BCUT2D eigenvalue weighted by atomic mass is 10.1. The second-order valence-electron chi connectivity index (χ2n) is 6.05. The Morgan fingerprint density at radius 2 is 2.25 bits per heavy atom. The molecule has 5 nitrogen and oxygen atoms in total. The third-order valence-corrected chi connectivity index (χ3v) is 5.03. The zero-order valence-corrected chi connectivity index (χ0v) is 14.2. The first-order chi connectivity index (χ1) is 11.9. The van der Waals surface area contributed by atoms with Gasteiger partial charge in [-0.1, -0.05) is 0 Å². The number of aromatic nitrogens is 3. The molecule has 0 unspecified atom stereocenters. The molecule has 0 saturated carbocycles. The molecule has 1 aliphatic heterocycles. The smallest absolute Gasteiger partial charge is 0.137 e. The maximum atomic E-state index is 5.82. The lowest BCUT2D eigenvalue weighted by Gasteiger charge is -2.33. The minimum atomic E-state index is 0.346. The average molecular weight is 340 g/mol. The Morgan fingerprint density at radius 1 is 1.25 bits per heavy atom. The fourth-order valence-electron chi connectivity index (χ4n) is 3.18. The molecule has 0 N–H and O–H groups in total. The summed E-state index contributed by atoms with van der Waals surface area (Å²) < 4.78 is 7.98. The average Bonchev–Trinajstić information content (AvgIpc) is 3.27. The highest BCUT2D eigenvalue weighted by Crippen LogP contribution is 2.25. The van der Waals surface area contributed by atoms with Crippen LogP contribution in [-0.4, -0.2) is 32.8 Å². The van der Waals surface area contributed by atoms with E-state index in [1.165, 1.54) is 11.3 Å². The van der Waals surface area contributed by atoms with Crippen LogP contribution in [0.3, 0.4) is 0 Å². The molecular formula is C18H20N4OS. The monoisotopic (exact) mass is 340 g/mol. The highest BCUT2D eigenvalue weighted by atomic mass is 32.1. The van der Waals surface area contributed by atoms with Gasteiger partial charge in [-0.3, -0.25) is 14.6 Å². The predicted molar refractivity (Wildman–Crippen MR) is 94.0 cm³/mol. The number of hydrogen-bond donors (Lipinski definition) is 0. The van der Waals surface area contributed by atoms with Crippen LogP contribution in [0.2, 0.25) is 0 Å². The van der Waals surface area contributed by atoms with Gasteiger partial charge in [0.1, 0.15) is 5.75 Å². The molecule has 0 fully saturated rings. The summed E-state index contributed by atoms with van der Waals surface area (Å²) in [6.45, 7) is 3.62. The number of thiophene rings is 1. The molecule has 1 atom stereocenters. The zero-order chi connectivity index (χ0) is 16.2. The summed E-state index contributed by atoms with van der Waals surface area (Å²) in [5.41, 5.74) is 2.67. The molecule has 6 heteroatoms. The van der Waals surface area contributed by atoms with Gasteiger partial charge in [0.2, 0.25) is 0 Å². The van der Waals surface area contributed by atoms with Gasteiger partial charge < -0.3 is 4.74 Å². The summed E-state index contributed by atoms with van der Waals surface area (Å²) in [7, 11) is 0. The largest absolute Gasteiger partial charge is 0.492 e. The van der Waals surface area contributed by atoms with Crippen LogP contribution < -0.4 is 4.74 Å². The number of ether oxygens (including phenoxy) is 1. The van der Waals surface area contributed by atoms with Gasteiger partial charge in [0.15, 0.2) is 0 Å². The van der Waals surface area contributed by atoms with Crippen LogP contribution >= 0.6 is 11.3 Å². The van der Waals surface area contributed by atoms with Crippen molar-refractivity contribution >= 4 is 11.3 Å². The van der Waals surface area contributed by atoms with Gasteiger partial charge >= 0.3 is 0 Å². The second-order valence-corrected chi connectivity index (χ2v) is 6.83. The Bertz CT molecular complexity index is 756. The van der Waals surface area contributed by atoms with Crippen LogP contribution in [0.4, 0.5) is 0 Å². The highest BCUT2D eigenvalue weighted by Gasteiger charge is 2.25. The Labute approximate surface area is 145 Å². The molecule has 1 aliphatic rings. The van der Waals surface area contributed by atoms with Crippen molar-refractivity contribution in [1.29, 1.82) is 0 Å². The zero-order valence-electron chi connectivity index (χ0n) is 13.4. The van der Waals surface area contributed by atoms with E-state index in [1.54, 1.807) is 23.7 Å². The van der Waals surface area contributed by atoms with E-state index < -0.39 is 0 Å². The van der Waals surface area contributed by atoms with Crippen molar-refractivity contribution in [3.63, 3.8) is 0 Å². The van der Waals surface area contributed by atoms with Crippen molar-refractivity contribution in [2.45, 2.75) is 25.6 Å². The van der Waals surface area contributed by atoms with Crippen molar-refractivity contribution in [1.82, 2.24) is 19.7 Å². The number of fused-ring (bicyclic) bond motifs is 1. The predicted octanol–water partition coefficient (Wildman–Crippen LogP) is 3.37. The first-order valence-corrected chi connectivity index (χ1v) is 9.11. The SMILES string of the molecule is c1cncc(OCC[C@@H]2CN(Cc3ccsc3)Cc3ccnn32)c1. The molecule has 4 heterocycles. The standard InChI is InChI=1S/C18H20N4OS/c1-2-18(10-19-6-1)23-8-4-17-13-21(11-15-5-9-24-14-15)12-16-3-7-20-22(16)17/h1-3,5-7,9-10,14,17H,4,8,11-13H2/t17-/m1/s1. The summed E-state index contributed by atoms with van der Waals surface area (Å²) in [6.07, 6.45) is 6.34. The van der Waals surface area contributed by atoms with Crippen molar-refractivity contribution < 1.29 is 4.74 Å². The topological polar surface area (TPSA) is 43.2 Å². The van der Waals surface area contributed by atoms with Crippen LogP contribution in [0.5, 0.6) is 5.75 Å². The van der Waals surface area contributed by atoms with Crippen LogP contribution in [0.15, 0.2) is 53.6 Å². The molecule has 0 aromatic carbocycles. The molecular weight excluding hydrogens is 320 g/mol. The van der Waals surface area contributed by atoms with Crippen LogP contribution in [0.25, 0.3) is 0 Å². The molecule has 3 aromatic rings. The molecule has 0 aliphatic carbocycles. The van der Waals surface area contributed by atoms with Crippen molar-refractivity contribution in [2.24, 2.45) is 0 Å². The van der Waals surface area contributed by atoms with Crippen LogP contribution in [-0.2, 0) is 13.1 Å². The summed E-state index contributed by atoms with van der Waals surface area (Å²) in [5.74, 6) is 0.823. The van der Waals surface area contributed by atoms with Gasteiger partial charge in [-0.05, 0) is 40.6 Å². The third-order valence-electron chi connectivity index (χ3n) is 4.29. The number of rotatable bonds is 6. The molecule has 0 spiro atoms. The molecule has 0 bridgehead atoms. The summed E-state index contributed by atoms with van der Waals surface area (Å²) in [6, 6.07) is 8.51. The van der Waals surface area contributed by atoms with E-state index >= 15 is 0 Å². The molecule has 24 heavy (non-hydrogen) atoms. The van der Waals surface area contributed by atoms with E-state index in [2.05, 4.69) is 42.6 Å². The van der Waals surface area contributed by atoms with Gasteiger partial charge in [-0.25, -0.2) is 0 Å². The fourth-order valence-corrected chi connectivity index (χ4v) is 3.84. The number of pyridine rings is 1. The van der Waals surface area contributed by atoms with Crippen LogP contribution in [0.1, 0.15) is 23.7 Å². The van der Waals surface area contributed by atoms with E-state index in [9.17, 15) is 0 Å².